The van der Waals surface area contributed by atoms with Gasteiger partial charge in [-0.15, -0.1) is 0 Å². The summed E-state index contributed by atoms with van der Waals surface area (Å²) in [5.74, 6) is -0.330. The molecule has 0 radical (unpaired) electrons. The molecular formula is C13H15ClN2O2. The van der Waals surface area contributed by atoms with Gasteiger partial charge >= 0.3 is 0 Å². The first kappa shape index (κ1) is 13.1. The van der Waals surface area contributed by atoms with Crippen molar-refractivity contribution in [2.24, 2.45) is 0 Å². The molecule has 0 bridgehead atoms. The Morgan fingerprint density at radius 1 is 1.33 bits per heavy atom. The molecule has 1 heterocycles. The highest BCUT2D eigenvalue weighted by molar-refractivity contribution is 6.30. The van der Waals surface area contributed by atoms with Gasteiger partial charge in [-0.25, -0.2) is 0 Å². The van der Waals surface area contributed by atoms with E-state index in [4.69, 9.17) is 11.6 Å². The van der Waals surface area contributed by atoms with Crippen molar-refractivity contribution in [3.8, 4) is 0 Å². The van der Waals surface area contributed by atoms with Gasteiger partial charge in [0.25, 0.3) is 0 Å². The topological polar surface area (TPSA) is 49.4 Å². The molecule has 18 heavy (non-hydrogen) atoms. The van der Waals surface area contributed by atoms with Gasteiger partial charge in [0.15, 0.2) is 0 Å². The summed E-state index contributed by atoms with van der Waals surface area (Å²) in [4.78, 5) is 25.1. The van der Waals surface area contributed by atoms with Crippen molar-refractivity contribution in [1.29, 1.82) is 0 Å². The molecule has 1 fully saturated rings. The zero-order chi connectivity index (χ0) is 13.1. The number of piperazine rings is 1. The van der Waals surface area contributed by atoms with E-state index in [0.717, 1.165) is 5.56 Å². The fourth-order valence-electron chi connectivity index (χ4n) is 1.96. The highest BCUT2D eigenvalue weighted by Crippen LogP contribution is 2.14. The Bertz CT molecular complexity index is 459. The second kappa shape index (κ2) is 5.50. The van der Waals surface area contributed by atoms with Gasteiger partial charge in [0.1, 0.15) is 0 Å². The third-order valence-electron chi connectivity index (χ3n) is 3.03. The Labute approximate surface area is 111 Å². The lowest BCUT2D eigenvalue weighted by Gasteiger charge is -2.31. The van der Waals surface area contributed by atoms with Crippen molar-refractivity contribution in [3.63, 3.8) is 0 Å². The van der Waals surface area contributed by atoms with Crippen LogP contribution in [-0.4, -0.2) is 29.3 Å². The zero-order valence-corrected chi connectivity index (χ0v) is 10.9. The molecule has 5 heteroatoms. The maximum absolute atomic E-state index is 12.1. The second-order valence-corrected chi connectivity index (χ2v) is 4.72. The molecule has 2 rings (SSSR count). The highest BCUT2D eigenvalue weighted by Gasteiger charge is 2.32. The van der Waals surface area contributed by atoms with Gasteiger partial charge in [-0.05, 0) is 24.1 Å². The van der Waals surface area contributed by atoms with Crippen molar-refractivity contribution in [1.82, 2.24) is 10.2 Å². The van der Waals surface area contributed by atoms with Crippen LogP contribution in [0.25, 0.3) is 0 Å². The van der Waals surface area contributed by atoms with Gasteiger partial charge in [0.2, 0.25) is 11.8 Å². The van der Waals surface area contributed by atoms with E-state index in [-0.39, 0.29) is 24.4 Å². The molecule has 0 aliphatic carbocycles. The number of carbonyl (C=O) groups excluding carboxylic acids is 2. The van der Waals surface area contributed by atoms with Gasteiger partial charge in [-0.3, -0.25) is 19.8 Å². The maximum Gasteiger partial charge on any atom is 0.246 e. The molecular weight excluding hydrogens is 252 g/mol. The van der Waals surface area contributed by atoms with Crippen LogP contribution in [0.3, 0.4) is 0 Å². The highest BCUT2D eigenvalue weighted by atomic mass is 35.5. The van der Waals surface area contributed by atoms with E-state index in [1.165, 1.54) is 4.90 Å². The third-order valence-corrected chi connectivity index (χ3v) is 3.28. The van der Waals surface area contributed by atoms with Crippen molar-refractivity contribution in [2.75, 3.05) is 6.54 Å². The minimum absolute atomic E-state index is 0.149. The van der Waals surface area contributed by atoms with Crippen LogP contribution >= 0.6 is 11.6 Å². The number of imide groups is 1. The lowest BCUT2D eigenvalue weighted by molar-refractivity contribution is -0.150. The summed E-state index contributed by atoms with van der Waals surface area (Å²) in [6, 6.07) is 6.91. The molecule has 2 amide bonds. The summed E-state index contributed by atoms with van der Waals surface area (Å²) in [6.45, 7) is 2.46. The molecule has 1 N–H and O–H groups in total. The summed E-state index contributed by atoms with van der Waals surface area (Å²) in [5, 5.41) is 3.57. The standard InChI is InChI=1S/C13H15ClN2O2/c1-2-11-13(18)16(12(17)7-15-11)8-9-3-5-10(14)6-4-9/h3-6,11,15H,2,7-8H2,1H3. The van der Waals surface area contributed by atoms with E-state index in [1.54, 1.807) is 12.1 Å². The predicted molar refractivity (Wildman–Crippen MR) is 69.1 cm³/mol. The lowest BCUT2D eigenvalue weighted by atomic mass is 10.1. The van der Waals surface area contributed by atoms with Crippen molar-refractivity contribution in [2.45, 2.75) is 25.9 Å². The van der Waals surface area contributed by atoms with Crippen LogP contribution in [-0.2, 0) is 16.1 Å². The first-order valence-electron chi connectivity index (χ1n) is 5.94. The van der Waals surface area contributed by atoms with Crippen LogP contribution in [0.2, 0.25) is 5.02 Å². The van der Waals surface area contributed by atoms with Crippen LogP contribution in [0.1, 0.15) is 18.9 Å². The predicted octanol–water partition coefficient (Wildman–Crippen LogP) is 1.58. The van der Waals surface area contributed by atoms with Gasteiger partial charge in [0, 0.05) is 5.02 Å². The van der Waals surface area contributed by atoms with Gasteiger partial charge in [-0.2, -0.15) is 0 Å². The quantitative estimate of drug-likeness (QED) is 0.845. The average molecular weight is 267 g/mol. The molecule has 1 aromatic carbocycles. The van der Waals surface area contributed by atoms with Crippen LogP contribution in [0.15, 0.2) is 24.3 Å². The molecule has 1 saturated heterocycles. The fourth-order valence-corrected chi connectivity index (χ4v) is 2.09. The van der Waals surface area contributed by atoms with Crippen LogP contribution in [0, 0.1) is 0 Å². The fraction of sp³-hybridized carbons (Fsp3) is 0.385. The number of amides is 2. The van der Waals surface area contributed by atoms with Crippen LogP contribution in [0.5, 0.6) is 0 Å². The molecule has 1 aliphatic heterocycles. The molecule has 1 aliphatic rings. The lowest BCUT2D eigenvalue weighted by Crippen LogP contribution is -2.57. The number of benzene rings is 1. The summed E-state index contributed by atoms with van der Waals surface area (Å²) >= 11 is 5.80. The normalized spacial score (nSPS) is 20.3. The van der Waals surface area contributed by atoms with Crippen LogP contribution < -0.4 is 5.32 Å². The Morgan fingerprint density at radius 3 is 2.61 bits per heavy atom. The molecule has 0 aromatic heterocycles. The van der Waals surface area contributed by atoms with E-state index < -0.39 is 0 Å². The number of carbonyl (C=O) groups is 2. The molecule has 96 valence electrons. The first-order chi connectivity index (χ1) is 8.61. The summed E-state index contributed by atoms with van der Waals surface area (Å²) in [5.41, 5.74) is 0.901. The smallest absolute Gasteiger partial charge is 0.246 e. The SMILES string of the molecule is CCC1NCC(=O)N(Cc2ccc(Cl)cc2)C1=O. The second-order valence-electron chi connectivity index (χ2n) is 4.29. The molecule has 0 saturated carbocycles. The first-order valence-corrected chi connectivity index (χ1v) is 6.31. The third kappa shape index (κ3) is 2.71. The summed E-state index contributed by atoms with van der Waals surface area (Å²) in [6.07, 6.45) is 0.684. The number of nitrogens with one attached hydrogen (secondary N) is 1. The molecule has 1 aromatic rings. The molecule has 4 nitrogen and oxygen atoms in total. The van der Waals surface area contributed by atoms with E-state index in [9.17, 15) is 9.59 Å². The number of halogens is 1. The molecule has 1 unspecified atom stereocenters. The number of hydrogen-bond donors (Lipinski definition) is 1. The summed E-state index contributed by atoms with van der Waals surface area (Å²) < 4.78 is 0. The minimum Gasteiger partial charge on any atom is -0.297 e. The number of hydrogen-bond acceptors (Lipinski definition) is 3. The van der Waals surface area contributed by atoms with Crippen LogP contribution in [0.4, 0.5) is 0 Å². The Hall–Kier alpha value is -1.39. The van der Waals surface area contributed by atoms with E-state index in [2.05, 4.69) is 5.32 Å². The number of rotatable bonds is 3. The Kier molecular flexibility index (Phi) is 3.99. The minimum atomic E-state index is -0.255. The average Bonchev–Trinajstić information content (AvgIpc) is 2.37. The van der Waals surface area contributed by atoms with Gasteiger partial charge in [-0.1, -0.05) is 30.7 Å². The Morgan fingerprint density at radius 2 is 2.00 bits per heavy atom. The molecule has 1 atom stereocenters. The van der Waals surface area contributed by atoms with Gasteiger partial charge in [0.05, 0.1) is 19.1 Å². The van der Waals surface area contributed by atoms with Crippen molar-refractivity contribution in [3.05, 3.63) is 34.9 Å². The monoisotopic (exact) mass is 266 g/mol. The maximum atomic E-state index is 12.1. The van der Waals surface area contributed by atoms with Gasteiger partial charge < -0.3 is 0 Å². The van der Waals surface area contributed by atoms with E-state index >= 15 is 0 Å². The van der Waals surface area contributed by atoms with E-state index in [1.807, 2.05) is 19.1 Å². The summed E-state index contributed by atoms with van der Waals surface area (Å²) in [7, 11) is 0. The van der Waals surface area contributed by atoms with E-state index in [0.29, 0.717) is 18.0 Å². The van der Waals surface area contributed by atoms with Crippen molar-refractivity contribution < 1.29 is 9.59 Å². The largest absolute Gasteiger partial charge is 0.297 e. The molecule has 0 spiro atoms. The Balaban J connectivity index is 2.13. The van der Waals surface area contributed by atoms with Crippen molar-refractivity contribution >= 4 is 23.4 Å². The number of nitrogens with zero attached hydrogens (tertiary/aromatic N) is 1. The zero-order valence-electron chi connectivity index (χ0n) is 10.1.